The van der Waals surface area contributed by atoms with Gasteiger partial charge in [0.15, 0.2) is 0 Å². The molecule has 2 aromatic rings. The number of anilines is 1. The number of hydrogen-bond acceptors (Lipinski definition) is 2. The van der Waals surface area contributed by atoms with Crippen LogP contribution in [-0.4, -0.2) is 16.3 Å². The molecule has 5 N–H and O–H groups in total. The number of quaternary nitrogens is 1. The van der Waals surface area contributed by atoms with Crippen LogP contribution in [0.1, 0.15) is 11.3 Å². The predicted octanol–water partition coefficient (Wildman–Crippen LogP) is 0.951. The molecule has 2 rings (SSSR count). The van der Waals surface area contributed by atoms with E-state index >= 15 is 0 Å². The van der Waals surface area contributed by atoms with Gasteiger partial charge in [0.25, 0.3) is 0 Å². The van der Waals surface area contributed by atoms with Gasteiger partial charge in [0.1, 0.15) is 5.82 Å². The zero-order valence-corrected chi connectivity index (χ0v) is 10.3. The number of benzene rings is 1. The van der Waals surface area contributed by atoms with Crippen molar-refractivity contribution in [1.29, 1.82) is 0 Å². The second kappa shape index (κ2) is 5.21. The second-order valence-corrected chi connectivity index (χ2v) is 4.32. The van der Waals surface area contributed by atoms with Gasteiger partial charge in [0.2, 0.25) is 0 Å². The Hall–Kier alpha value is -1.52. The van der Waals surface area contributed by atoms with E-state index in [0.717, 1.165) is 29.2 Å². The topological polar surface area (TPSA) is 71.5 Å². The summed E-state index contributed by atoms with van der Waals surface area (Å²) in [5, 5.41) is 5.17. The first kappa shape index (κ1) is 12.0. The molecular formula is C12H16ClN4+. The van der Waals surface area contributed by atoms with Gasteiger partial charge in [0, 0.05) is 17.5 Å². The molecule has 0 unspecified atom stereocenters. The van der Waals surface area contributed by atoms with Crippen LogP contribution in [0.15, 0.2) is 30.3 Å². The van der Waals surface area contributed by atoms with Gasteiger partial charge >= 0.3 is 0 Å². The molecule has 0 aliphatic rings. The van der Waals surface area contributed by atoms with E-state index in [9.17, 15) is 0 Å². The fourth-order valence-corrected chi connectivity index (χ4v) is 1.90. The summed E-state index contributed by atoms with van der Waals surface area (Å²) in [6.45, 7) is 1.42. The third kappa shape index (κ3) is 2.78. The predicted molar refractivity (Wildman–Crippen MR) is 68.7 cm³/mol. The Morgan fingerprint density at radius 3 is 2.82 bits per heavy atom. The monoisotopic (exact) mass is 251 g/mol. The van der Waals surface area contributed by atoms with Crippen molar-refractivity contribution in [2.45, 2.75) is 13.0 Å². The van der Waals surface area contributed by atoms with Crippen molar-refractivity contribution < 1.29 is 5.73 Å². The van der Waals surface area contributed by atoms with Crippen molar-refractivity contribution in [3.8, 4) is 0 Å². The fourth-order valence-electron chi connectivity index (χ4n) is 1.70. The molecule has 5 heteroatoms. The molecule has 90 valence electrons. The van der Waals surface area contributed by atoms with E-state index in [1.54, 1.807) is 4.68 Å². The SMILES string of the molecule is Nc1cc(CC[NH3+])nn1Cc1ccccc1Cl. The first-order valence-corrected chi connectivity index (χ1v) is 5.93. The Morgan fingerprint density at radius 1 is 1.35 bits per heavy atom. The van der Waals surface area contributed by atoms with Gasteiger partial charge < -0.3 is 11.5 Å². The summed E-state index contributed by atoms with van der Waals surface area (Å²) in [4.78, 5) is 0. The lowest BCUT2D eigenvalue weighted by molar-refractivity contribution is -0.366. The van der Waals surface area contributed by atoms with E-state index in [-0.39, 0.29) is 0 Å². The van der Waals surface area contributed by atoms with E-state index in [0.29, 0.717) is 12.4 Å². The molecule has 1 aromatic heterocycles. The maximum atomic E-state index is 6.10. The van der Waals surface area contributed by atoms with Gasteiger partial charge in [-0.15, -0.1) is 0 Å². The number of nitrogens with two attached hydrogens (primary N) is 1. The Morgan fingerprint density at radius 2 is 2.12 bits per heavy atom. The smallest absolute Gasteiger partial charge is 0.122 e. The summed E-state index contributed by atoms with van der Waals surface area (Å²) < 4.78 is 1.77. The quantitative estimate of drug-likeness (QED) is 0.849. The normalized spacial score (nSPS) is 10.7. The van der Waals surface area contributed by atoms with Crippen LogP contribution in [-0.2, 0) is 13.0 Å². The van der Waals surface area contributed by atoms with Crippen molar-refractivity contribution in [2.75, 3.05) is 12.3 Å². The van der Waals surface area contributed by atoms with Crippen molar-refractivity contribution in [3.05, 3.63) is 46.6 Å². The molecule has 0 saturated heterocycles. The molecule has 0 spiro atoms. The van der Waals surface area contributed by atoms with Gasteiger partial charge in [-0.1, -0.05) is 29.8 Å². The lowest BCUT2D eigenvalue weighted by Crippen LogP contribution is -2.51. The van der Waals surface area contributed by atoms with Gasteiger partial charge in [-0.2, -0.15) is 5.10 Å². The van der Waals surface area contributed by atoms with E-state index < -0.39 is 0 Å². The average Bonchev–Trinajstić information content (AvgIpc) is 2.63. The number of aromatic nitrogens is 2. The molecule has 0 radical (unpaired) electrons. The minimum absolute atomic E-state index is 0.600. The van der Waals surface area contributed by atoms with E-state index in [1.807, 2.05) is 30.3 Å². The molecule has 1 aromatic carbocycles. The van der Waals surface area contributed by atoms with Gasteiger partial charge in [0.05, 0.1) is 18.8 Å². The van der Waals surface area contributed by atoms with Gasteiger partial charge in [-0.25, -0.2) is 4.68 Å². The molecule has 0 amide bonds. The molecule has 4 nitrogen and oxygen atoms in total. The number of hydrogen-bond donors (Lipinski definition) is 2. The van der Waals surface area contributed by atoms with Crippen LogP contribution in [0.2, 0.25) is 5.02 Å². The number of rotatable bonds is 4. The molecular weight excluding hydrogens is 236 g/mol. The van der Waals surface area contributed by atoms with Crippen LogP contribution < -0.4 is 11.5 Å². The van der Waals surface area contributed by atoms with Crippen LogP contribution in [0, 0.1) is 0 Å². The highest BCUT2D eigenvalue weighted by Gasteiger charge is 2.07. The van der Waals surface area contributed by atoms with Crippen LogP contribution in [0.5, 0.6) is 0 Å². The molecule has 0 fully saturated rings. The summed E-state index contributed by atoms with van der Waals surface area (Å²) in [6.07, 6.45) is 0.847. The van der Waals surface area contributed by atoms with Crippen molar-refractivity contribution >= 4 is 17.4 Å². The summed E-state index contributed by atoms with van der Waals surface area (Å²) in [5.41, 5.74) is 11.7. The highest BCUT2D eigenvalue weighted by atomic mass is 35.5. The molecule has 17 heavy (non-hydrogen) atoms. The van der Waals surface area contributed by atoms with Gasteiger partial charge in [-0.05, 0) is 11.6 Å². The average molecular weight is 252 g/mol. The van der Waals surface area contributed by atoms with Crippen LogP contribution in [0.4, 0.5) is 5.82 Å². The Labute approximate surface area is 105 Å². The summed E-state index contributed by atoms with van der Waals surface area (Å²) >= 11 is 6.10. The molecule has 0 aliphatic heterocycles. The third-order valence-electron chi connectivity index (χ3n) is 2.57. The first-order valence-electron chi connectivity index (χ1n) is 5.55. The number of nitrogens with zero attached hydrogens (tertiary/aromatic N) is 2. The highest BCUT2D eigenvalue weighted by Crippen LogP contribution is 2.17. The summed E-state index contributed by atoms with van der Waals surface area (Å²) in [6, 6.07) is 9.60. The molecule has 0 atom stereocenters. The number of nitrogen functional groups attached to an aromatic ring is 1. The summed E-state index contributed by atoms with van der Waals surface area (Å²) in [5.74, 6) is 0.661. The van der Waals surface area contributed by atoms with Crippen molar-refractivity contribution in [1.82, 2.24) is 9.78 Å². The maximum absolute atomic E-state index is 6.10. The first-order chi connectivity index (χ1) is 8.20. The maximum Gasteiger partial charge on any atom is 0.122 e. The Kier molecular flexibility index (Phi) is 3.66. The van der Waals surface area contributed by atoms with Crippen molar-refractivity contribution in [2.24, 2.45) is 0 Å². The highest BCUT2D eigenvalue weighted by molar-refractivity contribution is 6.31. The molecule has 0 aliphatic carbocycles. The minimum atomic E-state index is 0.600. The Bertz CT molecular complexity index is 507. The standard InChI is InChI=1S/C12H15ClN4/c13-11-4-2-1-3-9(11)8-17-12(15)7-10(16-17)5-6-14/h1-4,7H,5-6,8,14-15H2/p+1. The third-order valence-corrected chi connectivity index (χ3v) is 2.94. The zero-order valence-electron chi connectivity index (χ0n) is 9.56. The lowest BCUT2D eigenvalue weighted by Gasteiger charge is -2.05. The zero-order chi connectivity index (χ0) is 12.3. The second-order valence-electron chi connectivity index (χ2n) is 3.91. The summed E-state index contributed by atoms with van der Waals surface area (Å²) in [7, 11) is 0. The van der Waals surface area contributed by atoms with E-state index in [4.69, 9.17) is 17.3 Å². The minimum Gasteiger partial charge on any atom is -0.384 e. The van der Waals surface area contributed by atoms with E-state index in [1.165, 1.54) is 0 Å². The van der Waals surface area contributed by atoms with Crippen LogP contribution in [0.25, 0.3) is 0 Å². The van der Waals surface area contributed by atoms with Gasteiger partial charge in [-0.3, -0.25) is 0 Å². The molecule has 0 saturated carbocycles. The lowest BCUT2D eigenvalue weighted by atomic mass is 10.2. The molecule has 1 heterocycles. The number of halogens is 1. The Balaban J connectivity index is 2.21. The van der Waals surface area contributed by atoms with Crippen LogP contribution >= 0.6 is 11.6 Å². The van der Waals surface area contributed by atoms with Crippen molar-refractivity contribution in [3.63, 3.8) is 0 Å². The largest absolute Gasteiger partial charge is 0.384 e. The van der Waals surface area contributed by atoms with Crippen LogP contribution in [0.3, 0.4) is 0 Å². The van der Waals surface area contributed by atoms with E-state index in [2.05, 4.69) is 10.8 Å². The molecule has 0 bridgehead atoms. The fraction of sp³-hybridized carbons (Fsp3) is 0.250.